The third-order valence-electron chi connectivity index (χ3n) is 6.05. The molecule has 8 nitrogen and oxygen atoms in total. The zero-order valence-corrected chi connectivity index (χ0v) is 24.5. The number of rotatable bonds is 11. The van der Waals surface area contributed by atoms with Gasteiger partial charge in [0, 0.05) is 12.1 Å². The van der Waals surface area contributed by atoms with Gasteiger partial charge >= 0.3 is 0 Å². The average molecular weight is 588 g/mol. The fraction of sp³-hybridized carbons (Fsp3) is 0.333. The van der Waals surface area contributed by atoms with Gasteiger partial charge in [-0.3, -0.25) is 13.9 Å². The lowest BCUT2D eigenvalue weighted by molar-refractivity contribution is -0.140. The summed E-state index contributed by atoms with van der Waals surface area (Å²) in [5.74, 6) is -1.71. The minimum Gasteiger partial charge on any atom is -0.494 e. The average Bonchev–Trinajstić information content (AvgIpc) is 2.91. The number of benzene rings is 3. The molecule has 0 saturated heterocycles. The third kappa shape index (κ3) is 8.50. The van der Waals surface area contributed by atoms with Crippen molar-refractivity contribution in [3.8, 4) is 5.75 Å². The van der Waals surface area contributed by atoms with Crippen LogP contribution in [-0.2, 0) is 26.2 Å². The molecule has 220 valence electrons. The number of carbonyl (C=O) groups excluding carboxylic acids is 2. The molecule has 0 aliphatic heterocycles. The molecule has 3 aromatic rings. The van der Waals surface area contributed by atoms with E-state index in [2.05, 4.69) is 5.32 Å². The van der Waals surface area contributed by atoms with Crippen LogP contribution in [0.5, 0.6) is 5.75 Å². The molecule has 3 aromatic carbocycles. The molecule has 0 aliphatic rings. The van der Waals surface area contributed by atoms with Crippen molar-refractivity contribution in [2.24, 2.45) is 0 Å². The maximum absolute atomic E-state index is 13.9. The number of amides is 2. The summed E-state index contributed by atoms with van der Waals surface area (Å²) in [5.41, 5.74) is 0.00704. The molecule has 3 rings (SSSR count). The van der Waals surface area contributed by atoms with Gasteiger partial charge in [0.25, 0.3) is 10.0 Å². The zero-order valence-electron chi connectivity index (χ0n) is 23.7. The minimum absolute atomic E-state index is 0.0576. The molecule has 41 heavy (non-hydrogen) atoms. The Hall–Kier alpha value is -3.99. The van der Waals surface area contributed by atoms with Gasteiger partial charge in [-0.1, -0.05) is 12.1 Å². The highest BCUT2D eigenvalue weighted by atomic mass is 32.2. The first-order chi connectivity index (χ1) is 19.2. The Labute approximate surface area is 240 Å². The standard InChI is InChI=1S/C30H35F2N3O5S/c1-6-40-26-15-17-27(18-16-26)41(38,39)35(25-13-11-24(32)12-14-25)20-28(36)34(19-22-7-9-23(31)10-8-22)21(2)29(37)33-30(3,4)5/h7-18,21H,6,19-20H2,1-5H3,(H,33,37). The summed E-state index contributed by atoms with van der Waals surface area (Å²) >= 11 is 0. The normalized spacial score (nSPS) is 12.4. The predicted molar refractivity (Wildman–Crippen MR) is 153 cm³/mol. The Balaban J connectivity index is 2.02. The molecule has 0 aromatic heterocycles. The lowest BCUT2D eigenvalue weighted by Gasteiger charge is -2.33. The van der Waals surface area contributed by atoms with Crippen molar-refractivity contribution in [2.45, 2.75) is 57.6 Å². The fourth-order valence-electron chi connectivity index (χ4n) is 3.98. The van der Waals surface area contributed by atoms with E-state index < -0.39 is 51.6 Å². The second kappa shape index (κ2) is 13.1. The monoisotopic (exact) mass is 587 g/mol. The van der Waals surface area contributed by atoms with Crippen molar-refractivity contribution in [1.29, 1.82) is 0 Å². The number of ether oxygens (including phenoxy) is 1. The lowest BCUT2D eigenvalue weighted by atomic mass is 10.1. The second-order valence-corrected chi connectivity index (χ2v) is 12.3. The molecule has 0 radical (unpaired) electrons. The molecular formula is C30H35F2N3O5S. The largest absolute Gasteiger partial charge is 0.494 e. The van der Waals surface area contributed by atoms with Crippen molar-refractivity contribution in [3.63, 3.8) is 0 Å². The van der Waals surface area contributed by atoms with E-state index >= 15 is 0 Å². The fourth-order valence-corrected chi connectivity index (χ4v) is 5.40. The maximum atomic E-state index is 13.9. The van der Waals surface area contributed by atoms with E-state index in [1.54, 1.807) is 27.7 Å². The van der Waals surface area contributed by atoms with Crippen LogP contribution in [0.1, 0.15) is 40.2 Å². The maximum Gasteiger partial charge on any atom is 0.264 e. The quantitative estimate of drug-likeness (QED) is 0.345. The van der Waals surface area contributed by atoms with E-state index in [9.17, 15) is 26.8 Å². The van der Waals surface area contributed by atoms with Crippen LogP contribution in [0.15, 0.2) is 77.7 Å². The zero-order chi connectivity index (χ0) is 30.4. The van der Waals surface area contributed by atoms with Crippen molar-refractivity contribution in [1.82, 2.24) is 10.2 Å². The molecule has 0 spiro atoms. The second-order valence-electron chi connectivity index (χ2n) is 10.5. The van der Waals surface area contributed by atoms with E-state index in [4.69, 9.17) is 4.74 Å². The van der Waals surface area contributed by atoms with E-state index in [1.807, 2.05) is 0 Å². The van der Waals surface area contributed by atoms with Crippen molar-refractivity contribution in [2.75, 3.05) is 17.5 Å². The third-order valence-corrected chi connectivity index (χ3v) is 7.84. The molecule has 0 aliphatic carbocycles. The number of nitrogens with one attached hydrogen (secondary N) is 1. The first-order valence-electron chi connectivity index (χ1n) is 13.1. The molecule has 0 heterocycles. The molecule has 1 unspecified atom stereocenters. The Morgan fingerprint density at radius 2 is 1.44 bits per heavy atom. The van der Waals surface area contributed by atoms with Gasteiger partial charge in [0.1, 0.15) is 30.0 Å². The molecule has 11 heteroatoms. The summed E-state index contributed by atoms with van der Waals surface area (Å²) in [7, 11) is -4.32. The van der Waals surface area contributed by atoms with Crippen molar-refractivity contribution in [3.05, 3.63) is 90.0 Å². The van der Waals surface area contributed by atoms with Crippen LogP contribution in [0.4, 0.5) is 14.5 Å². The van der Waals surface area contributed by atoms with Gasteiger partial charge in [0.05, 0.1) is 17.2 Å². The number of nitrogens with zero attached hydrogens (tertiary/aromatic N) is 2. The highest BCUT2D eigenvalue weighted by Gasteiger charge is 2.33. The van der Waals surface area contributed by atoms with Crippen LogP contribution in [0, 0.1) is 11.6 Å². The molecular weight excluding hydrogens is 552 g/mol. The number of hydrogen-bond acceptors (Lipinski definition) is 5. The Morgan fingerprint density at radius 1 is 0.902 bits per heavy atom. The molecule has 1 N–H and O–H groups in total. The first kappa shape index (κ1) is 31.5. The number of sulfonamides is 1. The Bertz CT molecular complexity index is 1440. The van der Waals surface area contributed by atoms with E-state index in [0.29, 0.717) is 17.9 Å². The summed E-state index contributed by atoms with van der Waals surface area (Å²) in [6.07, 6.45) is 0. The summed E-state index contributed by atoms with van der Waals surface area (Å²) in [6.45, 7) is 8.34. The smallest absolute Gasteiger partial charge is 0.264 e. The predicted octanol–water partition coefficient (Wildman–Crippen LogP) is 4.89. The van der Waals surface area contributed by atoms with Crippen molar-refractivity contribution >= 4 is 27.5 Å². The molecule has 0 bridgehead atoms. The summed E-state index contributed by atoms with van der Waals surface area (Å²) in [5, 5.41) is 2.83. The van der Waals surface area contributed by atoms with Crippen LogP contribution < -0.4 is 14.4 Å². The number of halogens is 2. The summed E-state index contributed by atoms with van der Waals surface area (Å²) < 4.78 is 61.2. The van der Waals surface area contributed by atoms with E-state index in [1.165, 1.54) is 72.5 Å². The van der Waals surface area contributed by atoms with Crippen LogP contribution in [0.2, 0.25) is 0 Å². The van der Waals surface area contributed by atoms with E-state index in [0.717, 1.165) is 16.4 Å². The topological polar surface area (TPSA) is 96.0 Å². The Morgan fingerprint density at radius 3 is 1.95 bits per heavy atom. The van der Waals surface area contributed by atoms with Gasteiger partial charge in [0.15, 0.2) is 0 Å². The first-order valence-corrected chi connectivity index (χ1v) is 14.5. The van der Waals surface area contributed by atoms with Gasteiger partial charge in [0.2, 0.25) is 11.8 Å². The van der Waals surface area contributed by atoms with Crippen LogP contribution in [0.25, 0.3) is 0 Å². The Kier molecular flexibility index (Phi) is 10.1. The van der Waals surface area contributed by atoms with Gasteiger partial charge in [-0.25, -0.2) is 17.2 Å². The van der Waals surface area contributed by atoms with Gasteiger partial charge < -0.3 is 15.0 Å². The van der Waals surface area contributed by atoms with Gasteiger partial charge in [-0.2, -0.15) is 0 Å². The summed E-state index contributed by atoms with van der Waals surface area (Å²) in [6, 6.07) is 14.9. The van der Waals surface area contributed by atoms with Gasteiger partial charge in [-0.15, -0.1) is 0 Å². The van der Waals surface area contributed by atoms with E-state index in [-0.39, 0.29) is 17.1 Å². The lowest BCUT2D eigenvalue weighted by Crippen LogP contribution is -2.54. The van der Waals surface area contributed by atoms with Crippen LogP contribution >= 0.6 is 0 Å². The SMILES string of the molecule is CCOc1ccc(S(=O)(=O)N(CC(=O)N(Cc2ccc(F)cc2)C(C)C(=O)NC(C)(C)C)c2ccc(F)cc2)cc1. The van der Waals surface area contributed by atoms with Crippen LogP contribution in [0.3, 0.4) is 0 Å². The molecule has 1 atom stereocenters. The highest BCUT2D eigenvalue weighted by Crippen LogP contribution is 2.26. The summed E-state index contributed by atoms with van der Waals surface area (Å²) in [4.78, 5) is 28.1. The molecule has 2 amide bonds. The van der Waals surface area contributed by atoms with Crippen LogP contribution in [-0.4, -0.2) is 49.9 Å². The van der Waals surface area contributed by atoms with Gasteiger partial charge in [-0.05, 0) is 101 Å². The number of hydrogen-bond donors (Lipinski definition) is 1. The highest BCUT2D eigenvalue weighted by molar-refractivity contribution is 7.92. The van der Waals surface area contributed by atoms with Crippen molar-refractivity contribution < 1.29 is 31.5 Å². The molecule has 0 fully saturated rings. The number of anilines is 1. The number of carbonyl (C=O) groups is 2. The molecule has 0 saturated carbocycles. The minimum atomic E-state index is -4.32.